The molecule has 1 N–H and O–H groups in total. The van der Waals surface area contributed by atoms with Crippen LogP contribution in [0.3, 0.4) is 0 Å². The largest absolute Gasteiger partial charge is 0.465 e. The van der Waals surface area contributed by atoms with E-state index in [2.05, 4.69) is 20.8 Å². The molecule has 0 radical (unpaired) electrons. The van der Waals surface area contributed by atoms with Crippen LogP contribution < -0.4 is 5.32 Å². The van der Waals surface area contributed by atoms with Crippen molar-refractivity contribution in [1.29, 1.82) is 0 Å². The molecule has 0 atom stereocenters. The first-order valence-corrected chi connectivity index (χ1v) is 9.02. The van der Waals surface area contributed by atoms with Gasteiger partial charge in [-0.1, -0.05) is 30.0 Å². The highest BCUT2D eigenvalue weighted by molar-refractivity contribution is 7.98. The van der Waals surface area contributed by atoms with E-state index in [0.29, 0.717) is 22.2 Å². The fourth-order valence-corrected chi connectivity index (χ4v) is 3.24. The Labute approximate surface area is 159 Å². The van der Waals surface area contributed by atoms with Crippen molar-refractivity contribution in [2.75, 3.05) is 12.4 Å². The van der Waals surface area contributed by atoms with Crippen LogP contribution in [0.1, 0.15) is 22.8 Å². The number of carbonyl (C=O) groups is 2. The van der Waals surface area contributed by atoms with Gasteiger partial charge in [0.05, 0.1) is 18.4 Å². The Bertz CT molecular complexity index is 973. The van der Waals surface area contributed by atoms with Crippen LogP contribution in [-0.4, -0.2) is 39.2 Å². The van der Waals surface area contributed by atoms with Crippen molar-refractivity contribution in [1.82, 2.24) is 20.2 Å². The van der Waals surface area contributed by atoms with E-state index in [1.54, 1.807) is 28.9 Å². The van der Waals surface area contributed by atoms with Crippen molar-refractivity contribution in [3.05, 3.63) is 59.7 Å². The maximum absolute atomic E-state index is 11.7. The second-order valence-electron chi connectivity index (χ2n) is 5.59. The van der Waals surface area contributed by atoms with Crippen LogP contribution in [0, 0.1) is 0 Å². The summed E-state index contributed by atoms with van der Waals surface area (Å²) in [6, 6.07) is 14.5. The Morgan fingerprint density at radius 2 is 2.00 bits per heavy atom. The molecule has 1 amide bonds. The molecule has 0 saturated carbocycles. The number of anilines is 1. The SMILES string of the molecule is COC(=O)c1cccc(CSc2nnnn2-c2cccc(NC(C)=O)c2)c1. The number of thioether (sulfide) groups is 1. The summed E-state index contributed by atoms with van der Waals surface area (Å²) in [5.74, 6) is 0.0572. The topological polar surface area (TPSA) is 99.0 Å². The smallest absolute Gasteiger partial charge is 0.337 e. The lowest BCUT2D eigenvalue weighted by atomic mass is 10.1. The third kappa shape index (κ3) is 4.70. The molecule has 0 aliphatic carbocycles. The molecule has 1 aromatic heterocycles. The van der Waals surface area contributed by atoms with Gasteiger partial charge in [0.25, 0.3) is 0 Å². The van der Waals surface area contributed by atoms with Crippen LogP contribution in [0.2, 0.25) is 0 Å². The molecule has 0 saturated heterocycles. The fourth-order valence-electron chi connectivity index (χ4n) is 2.40. The minimum atomic E-state index is -0.374. The highest BCUT2D eigenvalue weighted by Gasteiger charge is 2.11. The van der Waals surface area contributed by atoms with E-state index in [-0.39, 0.29) is 11.9 Å². The summed E-state index contributed by atoms with van der Waals surface area (Å²) in [6.07, 6.45) is 0. The summed E-state index contributed by atoms with van der Waals surface area (Å²) >= 11 is 1.44. The number of rotatable bonds is 6. The number of amides is 1. The number of nitrogens with zero attached hydrogens (tertiary/aromatic N) is 4. The van der Waals surface area contributed by atoms with Crippen LogP contribution in [0.4, 0.5) is 5.69 Å². The Morgan fingerprint density at radius 1 is 1.19 bits per heavy atom. The second-order valence-corrected chi connectivity index (χ2v) is 6.53. The number of hydrogen-bond acceptors (Lipinski definition) is 7. The normalized spacial score (nSPS) is 10.4. The van der Waals surface area contributed by atoms with Crippen LogP contribution in [0.15, 0.2) is 53.7 Å². The molecule has 8 nitrogen and oxygen atoms in total. The van der Waals surface area contributed by atoms with Crippen molar-refractivity contribution < 1.29 is 14.3 Å². The second kappa shape index (κ2) is 8.45. The van der Waals surface area contributed by atoms with E-state index in [0.717, 1.165) is 11.3 Å². The summed E-state index contributed by atoms with van der Waals surface area (Å²) < 4.78 is 6.34. The number of hydrogen-bond donors (Lipinski definition) is 1. The van der Waals surface area contributed by atoms with E-state index in [1.165, 1.54) is 25.8 Å². The highest BCUT2D eigenvalue weighted by Crippen LogP contribution is 2.24. The summed E-state index contributed by atoms with van der Waals surface area (Å²) in [5.41, 5.74) is 2.84. The number of carbonyl (C=O) groups excluding carboxylic acids is 2. The van der Waals surface area contributed by atoms with Gasteiger partial charge in [0, 0.05) is 18.4 Å². The maximum Gasteiger partial charge on any atom is 0.337 e. The number of aromatic nitrogens is 4. The van der Waals surface area contributed by atoms with Gasteiger partial charge in [-0.3, -0.25) is 4.79 Å². The molecule has 0 bridgehead atoms. The van der Waals surface area contributed by atoms with Crippen molar-refractivity contribution in [2.24, 2.45) is 0 Å². The lowest BCUT2D eigenvalue weighted by Crippen LogP contribution is -2.07. The van der Waals surface area contributed by atoms with Gasteiger partial charge < -0.3 is 10.1 Å². The molecule has 0 aliphatic heterocycles. The van der Waals surface area contributed by atoms with Gasteiger partial charge in [-0.25, -0.2) is 4.79 Å². The lowest BCUT2D eigenvalue weighted by Gasteiger charge is -2.07. The van der Waals surface area contributed by atoms with Gasteiger partial charge in [0.2, 0.25) is 11.1 Å². The van der Waals surface area contributed by atoms with Gasteiger partial charge in [0.1, 0.15) is 0 Å². The van der Waals surface area contributed by atoms with Crippen LogP contribution in [-0.2, 0) is 15.3 Å². The molecule has 3 rings (SSSR count). The maximum atomic E-state index is 11.7. The van der Waals surface area contributed by atoms with E-state index in [4.69, 9.17) is 4.74 Å². The van der Waals surface area contributed by atoms with Crippen LogP contribution in [0.5, 0.6) is 0 Å². The molecule has 0 fully saturated rings. The number of tetrazole rings is 1. The van der Waals surface area contributed by atoms with Crippen molar-refractivity contribution in [3.8, 4) is 5.69 Å². The molecular formula is C18H17N5O3S. The molecule has 27 heavy (non-hydrogen) atoms. The van der Waals surface area contributed by atoms with E-state index in [9.17, 15) is 9.59 Å². The summed E-state index contributed by atoms with van der Waals surface area (Å²) in [7, 11) is 1.35. The Hall–Kier alpha value is -3.20. The van der Waals surface area contributed by atoms with Gasteiger partial charge in [-0.15, -0.1) is 5.10 Å². The van der Waals surface area contributed by atoms with Crippen molar-refractivity contribution in [2.45, 2.75) is 17.8 Å². The Balaban J connectivity index is 1.76. The predicted molar refractivity (Wildman–Crippen MR) is 101 cm³/mol. The number of methoxy groups -OCH3 is 1. The van der Waals surface area contributed by atoms with E-state index in [1.807, 2.05) is 24.3 Å². The monoisotopic (exact) mass is 383 g/mol. The summed E-state index contributed by atoms with van der Waals surface area (Å²) in [4.78, 5) is 22.9. The van der Waals surface area contributed by atoms with Gasteiger partial charge in [0.15, 0.2) is 0 Å². The zero-order valence-electron chi connectivity index (χ0n) is 14.7. The summed E-state index contributed by atoms with van der Waals surface area (Å²) in [6.45, 7) is 1.45. The highest BCUT2D eigenvalue weighted by atomic mass is 32.2. The number of nitrogens with one attached hydrogen (secondary N) is 1. The van der Waals surface area contributed by atoms with Crippen molar-refractivity contribution >= 4 is 29.3 Å². The molecular weight excluding hydrogens is 366 g/mol. The number of benzene rings is 2. The Kier molecular flexibility index (Phi) is 5.82. The fraction of sp³-hybridized carbons (Fsp3) is 0.167. The van der Waals surface area contributed by atoms with Gasteiger partial charge >= 0.3 is 5.97 Å². The quantitative estimate of drug-likeness (QED) is 0.516. The third-order valence-corrected chi connectivity index (χ3v) is 4.56. The van der Waals surface area contributed by atoms with Crippen LogP contribution >= 0.6 is 11.8 Å². The lowest BCUT2D eigenvalue weighted by molar-refractivity contribution is -0.114. The molecule has 2 aromatic carbocycles. The molecule has 0 aliphatic rings. The van der Waals surface area contributed by atoms with Gasteiger partial charge in [-0.2, -0.15) is 4.68 Å². The van der Waals surface area contributed by atoms with Gasteiger partial charge in [-0.05, 0) is 46.3 Å². The number of esters is 1. The zero-order valence-corrected chi connectivity index (χ0v) is 15.6. The first-order valence-electron chi connectivity index (χ1n) is 8.03. The average Bonchev–Trinajstić information content (AvgIpc) is 3.14. The van der Waals surface area contributed by atoms with E-state index >= 15 is 0 Å². The zero-order chi connectivity index (χ0) is 19.2. The molecule has 3 aromatic rings. The minimum absolute atomic E-state index is 0.149. The molecule has 138 valence electrons. The molecule has 9 heteroatoms. The molecule has 0 spiro atoms. The molecule has 0 unspecified atom stereocenters. The summed E-state index contributed by atoms with van der Waals surface area (Å²) in [5, 5.41) is 15.2. The predicted octanol–water partition coefficient (Wildman–Crippen LogP) is 2.70. The Morgan fingerprint density at radius 3 is 2.78 bits per heavy atom. The van der Waals surface area contributed by atoms with E-state index < -0.39 is 0 Å². The third-order valence-electron chi connectivity index (χ3n) is 3.57. The minimum Gasteiger partial charge on any atom is -0.465 e. The first-order chi connectivity index (χ1) is 13.1. The average molecular weight is 383 g/mol. The standard InChI is InChI=1S/C18H17N5O3S/c1-12(24)19-15-7-4-8-16(10-15)23-18(20-21-22-23)27-11-13-5-3-6-14(9-13)17(25)26-2/h3-10H,11H2,1-2H3,(H,19,24). The first kappa shape index (κ1) is 18.6. The number of ether oxygens (including phenoxy) is 1. The van der Waals surface area contributed by atoms with Crippen molar-refractivity contribution in [3.63, 3.8) is 0 Å². The molecule has 1 heterocycles. The van der Waals surface area contributed by atoms with Crippen LogP contribution in [0.25, 0.3) is 5.69 Å².